The lowest BCUT2D eigenvalue weighted by Crippen LogP contribution is -1.93. The third kappa shape index (κ3) is 6.48. The van der Waals surface area contributed by atoms with Gasteiger partial charge < -0.3 is 0 Å². The number of hydrogen-bond donors (Lipinski definition) is 0. The van der Waals surface area contributed by atoms with Gasteiger partial charge in [0.05, 0.1) is 0 Å². The van der Waals surface area contributed by atoms with Crippen molar-refractivity contribution >= 4 is 117 Å². The van der Waals surface area contributed by atoms with Crippen LogP contribution in [0.25, 0.3) is 161 Å². The van der Waals surface area contributed by atoms with E-state index in [0.717, 1.165) is 0 Å². The lowest BCUT2D eigenvalue weighted by molar-refractivity contribution is 1.58. The van der Waals surface area contributed by atoms with E-state index >= 15 is 0 Å². The van der Waals surface area contributed by atoms with Crippen LogP contribution in [0.1, 0.15) is 0 Å². The Morgan fingerprint density at radius 3 is 0.947 bits per heavy atom. The molecule has 0 nitrogen and oxygen atoms in total. The summed E-state index contributed by atoms with van der Waals surface area (Å²) in [5.74, 6) is 0. The molecule has 0 atom stereocenters. The molecule has 16 aromatic rings. The van der Waals surface area contributed by atoms with Crippen molar-refractivity contribution in [2.45, 2.75) is 0 Å². The Kier molecular flexibility index (Phi) is 9.78. The Morgan fingerprint density at radius 2 is 0.526 bits per heavy atom. The van der Waals surface area contributed by atoms with Crippen LogP contribution in [-0.4, -0.2) is 0 Å². The average Bonchev–Trinajstić information content (AvgIpc) is 4.23. The van der Waals surface area contributed by atoms with E-state index in [0.29, 0.717) is 0 Å². The molecular weight excluding hydrogens is 953 g/mol. The molecule has 352 valence electrons. The summed E-state index contributed by atoms with van der Waals surface area (Å²) in [5, 5.41) is 17.9. The standard InChI is InChI=1S/C74H44S2/c1-4-22-45(23-5-1)50-41-40-48(42-61(50)46-24-6-2-7-25-46)67-53-30-12-16-34-57(53)70(58-35-17-13-31-54(58)67)63-44-49-43-62(69-55-32-14-10-28-51(55)66(47-26-8-3-9-27-47)52-29-11-15-33-56(52)69)73-71(59-36-18-20-38-64(59)75-73)68(49)72-60-37-19-21-39-65(60)76-74(63)72/h1-44H. The van der Waals surface area contributed by atoms with Gasteiger partial charge in [-0.15, -0.1) is 22.7 Å². The zero-order valence-corrected chi connectivity index (χ0v) is 42.9. The Morgan fingerprint density at radius 1 is 0.197 bits per heavy atom. The van der Waals surface area contributed by atoms with Gasteiger partial charge in [-0.3, -0.25) is 0 Å². The van der Waals surface area contributed by atoms with Crippen molar-refractivity contribution in [2.24, 2.45) is 0 Å². The lowest BCUT2D eigenvalue weighted by Gasteiger charge is -2.21. The van der Waals surface area contributed by atoms with Crippen molar-refractivity contribution in [1.82, 2.24) is 0 Å². The quantitative estimate of drug-likeness (QED) is 0.146. The van der Waals surface area contributed by atoms with Gasteiger partial charge in [0.25, 0.3) is 0 Å². The van der Waals surface area contributed by atoms with Crippen LogP contribution in [0.5, 0.6) is 0 Å². The predicted octanol–water partition coefficient (Wildman–Crippen LogP) is 22.2. The molecule has 0 N–H and O–H groups in total. The van der Waals surface area contributed by atoms with E-state index in [2.05, 4.69) is 267 Å². The van der Waals surface area contributed by atoms with Crippen molar-refractivity contribution in [1.29, 1.82) is 0 Å². The van der Waals surface area contributed by atoms with Gasteiger partial charge in [0.1, 0.15) is 0 Å². The number of benzene rings is 14. The fraction of sp³-hybridized carbons (Fsp3) is 0. The maximum atomic E-state index is 2.57. The van der Waals surface area contributed by atoms with Crippen molar-refractivity contribution in [3.05, 3.63) is 267 Å². The van der Waals surface area contributed by atoms with Crippen LogP contribution in [0.15, 0.2) is 267 Å². The molecule has 0 radical (unpaired) electrons. The fourth-order valence-corrected chi connectivity index (χ4v) is 15.3. The summed E-state index contributed by atoms with van der Waals surface area (Å²) in [7, 11) is 0. The van der Waals surface area contributed by atoms with Gasteiger partial charge in [-0.05, 0) is 134 Å². The van der Waals surface area contributed by atoms with Crippen LogP contribution < -0.4 is 0 Å². The highest BCUT2D eigenvalue weighted by molar-refractivity contribution is 7.27. The highest BCUT2D eigenvalue weighted by Crippen LogP contribution is 2.55. The molecule has 0 fully saturated rings. The zero-order chi connectivity index (χ0) is 49.8. The maximum absolute atomic E-state index is 2.57. The van der Waals surface area contributed by atoms with E-state index < -0.39 is 0 Å². The number of thiophene rings is 2. The predicted molar refractivity (Wildman–Crippen MR) is 332 cm³/mol. The van der Waals surface area contributed by atoms with E-state index in [1.807, 2.05) is 22.7 Å². The average molecular weight is 997 g/mol. The topological polar surface area (TPSA) is 0 Å². The van der Waals surface area contributed by atoms with Crippen LogP contribution in [0.3, 0.4) is 0 Å². The highest BCUT2D eigenvalue weighted by atomic mass is 32.1. The Bertz CT molecular complexity index is 4910. The molecule has 0 aliphatic rings. The van der Waals surface area contributed by atoms with Gasteiger partial charge in [-0.1, -0.05) is 237 Å². The van der Waals surface area contributed by atoms with Gasteiger partial charge in [0.2, 0.25) is 0 Å². The Hall–Kier alpha value is -9.18. The molecule has 0 unspecified atom stereocenters. The van der Waals surface area contributed by atoms with Crippen LogP contribution in [0, 0.1) is 0 Å². The third-order valence-electron chi connectivity index (χ3n) is 16.0. The molecule has 76 heavy (non-hydrogen) atoms. The number of hydrogen-bond acceptors (Lipinski definition) is 2. The normalized spacial score (nSPS) is 11.9. The molecule has 14 aromatic carbocycles. The van der Waals surface area contributed by atoms with Crippen molar-refractivity contribution in [3.8, 4) is 66.8 Å². The fourth-order valence-electron chi connectivity index (χ4n) is 12.9. The number of fused-ring (bicyclic) bond motifs is 13. The lowest BCUT2D eigenvalue weighted by atomic mass is 9.82. The molecule has 0 saturated heterocycles. The smallest absolute Gasteiger partial charge is 0.0440 e. The minimum atomic E-state index is 1.21. The molecular formula is C74H44S2. The van der Waals surface area contributed by atoms with Gasteiger partial charge in [0, 0.05) is 56.9 Å². The van der Waals surface area contributed by atoms with E-state index in [1.165, 1.54) is 161 Å². The Labute approximate surface area is 447 Å². The summed E-state index contributed by atoms with van der Waals surface area (Å²) in [6.45, 7) is 0. The maximum Gasteiger partial charge on any atom is 0.0440 e. The SMILES string of the molecule is c1ccc(-c2ccc(-c3c4ccccc4c(-c4cc5cc(-c6c7ccccc7c(-c7ccccc7)c7ccccc67)c6sc7ccccc7c6c5c5c4sc4ccccc45)c4ccccc34)cc2-c2ccccc2)cc1. The van der Waals surface area contributed by atoms with Crippen molar-refractivity contribution in [3.63, 3.8) is 0 Å². The van der Waals surface area contributed by atoms with E-state index in [4.69, 9.17) is 0 Å². The van der Waals surface area contributed by atoms with Gasteiger partial charge >= 0.3 is 0 Å². The summed E-state index contributed by atoms with van der Waals surface area (Å²) in [4.78, 5) is 0. The van der Waals surface area contributed by atoms with Crippen LogP contribution >= 0.6 is 22.7 Å². The molecule has 0 spiro atoms. The van der Waals surface area contributed by atoms with Gasteiger partial charge in [-0.25, -0.2) is 0 Å². The minimum absolute atomic E-state index is 1.21. The Balaban J connectivity index is 1.04. The summed E-state index contributed by atoms with van der Waals surface area (Å²) in [6.07, 6.45) is 0. The molecule has 0 bridgehead atoms. The van der Waals surface area contributed by atoms with Gasteiger partial charge in [-0.2, -0.15) is 0 Å². The van der Waals surface area contributed by atoms with Gasteiger partial charge in [0.15, 0.2) is 0 Å². The van der Waals surface area contributed by atoms with Crippen LogP contribution in [0.2, 0.25) is 0 Å². The van der Waals surface area contributed by atoms with E-state index in [9.17, 15) is 0 Å². The summed E-state index contributed by atoms with van der Waals surface area (Å²) in [6, 6.07) is 99.7. The first-order valence-electron chi connectivity index (χ1n) is 26.2. The molecule has 0 aliphatic carbocycles. The largest absolute Gasteiger partial charge is 0.135 e. The molecule has 0 saturated carbocycles. The molecule has 2 heterocycles. The summed E-state index contributed by atoms with van der Waals surface area (Å²) < 4.78 is 5.25. The van der Waals surface area contributed by atoms with Crippen molar-refractivity contribution in [2.75, 3.05) is 0 Å². The first kappa shape index (κ1) is 43.2. The van der Waals surface area contributed by atoms with E-state index in [-0.39, 0.29) is 0 Å². The third-order valence-corrected chi connectivity index (χ3v) is 18.4. The monoisotopic (exact) mass is 996 g/mol. The molecule has 2 aromatic heterocycles. The van der Waals surface area contributed by atoms with Crippen LogP contribution in [0.4, 0.5) is 0 Å². The minimum Gasteiger partial charge on any atom is -0.135 e. The summed E-state index contributed by atoms with van der Waals surface area (Å²) in [5.41, 5.74) is 14.9. The second kappa shape index (κ2) is 17.2. The molecule has 2 heteroatoms. The second-order valence-electron chi connectivity index (χ2n) is 20.1. The van der Waals surface area contributed by atoms with Crippen molar-refractivity contribution < 1.29 is 0 Å². The molecule has 0 aliphatic heterocycles. The summed E-state index contributed by atoms with van der Waals surface area (Å²) >= 11 is 3.88. The molecule has 16 rings (SSSR count). The second-order valence-corrected chi connectivity index (χ2v) is 22.2. The molecule has 0 amide bonds. The highest BCUT2D eigenvalue weighted by Gasteiger charge is 2.26. The first-order valence-corrected chi connectivity index (χ1v) is 27.8. The first-order chi connectivity index (χ1) is 37.7. The van der Waals surface area contributed by atoms with Crippen LogP contribution in [-0.2, 0) is 0 Å². The zero-order valence-electron chi connectivity index (χ0n) is 41.2. The van der Waals surface area contributed by atoms with E-state index in [1.54, 1.807) is 0 Å². The number of rotatable bonds is 6.